The number of ether oxygens (including phenoxy) is 1. The van der Waals surface area contributed by atoms with E-state index < -0.39 is 0 Å². The third kappa shape index (κ3) is 2.33. The zero-order valence-corrected chi connectivity index (χ0v) is 12.9. The summed E-state index contributed by atoms with van der Waals surface area (Å²) in [5.74, 6) is 1.65. The Morgan fingerprint density at radius 3 is 2.95 bits per heavy atom. The van der Waals surface area contributed by atoms with E-state index in [1.165, 1.54) is 24.0 Å². The van der Waals surface area contributed by atoms with E-state index in [1.54, 1.807) is 0 Å². The molecule has 1 fully saturated rings. The fourth-order valence-corrected chi connectivity index (χ4v) is 3.87. The zero-order valence-electron chi connectivity index (χ0n) is 12.9. The molecule has 110 valence electrons. The van der Waals surface area contributed by atoms with Gasteiger partial charge in [0, 0.05) is 18.0 Å². The number of likely N-dealkylation sites (tertiary alicyclic amines) is 1. The second-order valence-corrected chi connectivity index (χ2v) is 6.94. The monoisotopic (exact) mass is 274 g/mol. The first kappa shape index (κ1) is 13.9. The molecule has 0 aromatic heterocycles. The summed E-state index contributed by atoms with van der Waals surface area (Å²) < 4.78 is 6.25. The second kappa shape index (κ2) is 5.05. The molecular weight excluding hydrogens is 248 g/mol. The van der Waals surface area contributed by atoms with Gasteiger partial charge in [-0.1, -0.05) is 18.2 Å². The smallest absolute Gasteiger partial charge is 0.128 e. The van der Waals surface area contributed by atoms with Gasteiger partial charge in [0.05, 0.1) is 0 Å². The Balaban J connectivity index is 2.00. The Hall–Kier alpha value is -1.06. The molecule has 2 unspecified atom stereocenters. The lowest BCUT2D eigenvalue weighted by Crippen LogP contribution is -2.39. The van der Waals surface area contributed by atoms with Gasteiger partial charge >= 0.3 is 0 Å². The van der Waals surface area contributed by atoms with Crippen molar-refractivity contribution >= 4 is 0 Å². The van der Waals surface area contributed by atoms with E-state index in [2.05, 4.69) is 44.0 Å². The number of nitrogens with zero attached hydrogens (tertiary/aromatic N) is 1. The molecule has 3 heteroatoms. The van der Waals surface area contributed by atoms with Gasteiger partial charge in [0.25, 0.3) is 0 Å². The Kier molecular flexibility index (Phi) is 3.51. The Bertz CT molecular complexity index is 498. The summed E-state index contributed by atoms with van der Waals surface area (Å²) in [5, 5.41) is 0. The average molecular weight is 274 g/mol. The van der Waals surface area contributed by atoms with Crippen LogP contribution in [-0.4, -0.2) is 30.6 Å². The average Bonchev–Trinajstić information content (AvgIpc) is 2.72. The molecule has 0 aliphatic carbocycles. The quantitative estimate of drug-likeness (QED) is 0.901. The predicted octanol–water partition coefficient (Wildman–Crippen LogP) is 2.74. The first-order chi connectivity index (χ1) is 9.52. The van der Waals surface area contributed by atoms with E-state index >= 15 is 0 Å². The van der Waals surface area contributed by atoms with Crippen molar-refractivity contribution in [2.24, 2.45) is 11.7 Å². The fraction of sp³-hybridized carbons (Fsp3) is 0.647. The number of rotatable bonds is 2. The molecule has 0 spiro atoms. The molecule has 2 aliphatic rings. The summed E-state index contributed by atoms with van der Waals surface area (Å²) in [5.41, 5.74) is 8.63. The minimum absolute atomic E-state index is 0.0795. The van der Waals surface area contributed by atoms with E-state index in [9.17, 15) is 0 Å². The molecule has 0 radical (unpaired) electrons. The highest BCUT2D eigenvalue weighted by molar-refractivity contribution is 5.47. The summed E-state index contributed by atoms with van der Waals surface area (Å²) in [4.78, 5) is 2.45. The van der Waals surface area contributed by atoms with Gasteiger partial charge in [0.2, 0.25) is 0 Å². The van der Waals surface area contributed by atoms with Crippen LogP contribution >= 0.6 is 0 Å². The van der Waals surface area contributed by atoms with Crippen LogP contribution in [0.1, 0.15) is 43.9 Å². The maximum atomic E-state index is 6.25. The third-order valence-electron chi connectivity index (χ3n) is 4.75. The lowest BCUT2D eigenvalue weighted by atomic mass is 9.84. The first-order valence-electron chi connectivity index (χ1n) is 7.73. The van der Waals surface area contributed by atoms with Gasteiger partial charge in [0.15, 0.2) is 0 Å². The standard InChI is InChI=1S/C17H26N2O/c1-17(2)10-12-6-4-8-14(16(12)20-17)15-13(11-18)7-5-9-19(15)3/h4,6,8,13,15H,5,7,9-11,18H2,1-3H3. The second-order valence-electron chi connectivity index (χ2n) is 6.94. The molecule has 0 bridgehead atoms. The van der Waals surface area contributed by atoms with Gasteiger partial charge in [-0.15, -0.1) is 0 Å². The van der Waals surface area contributed by atoms with Crippen molar-refractivity contribution in [3.8, 4) is 5.75 Å². The molecule has 1 aromatic rings. The Morgan fingerprint density at radius 2 is 2.20 bits per heavy atom. The molecule has 0 amide bonds. The largest absolute Gasteiger partial charge is 0.487 e. The van der Waals surface area contributed by atoms with Crippen LogP contribution in [0.2, 0.25) is 0 Å². The number of nitrogens with two attached hydrogens (primary N) is 1. The molecule has 20 heavy (non-hydrogen) atoms. The van der Waals surface area contributed by atoms with Crippen LogP contribution in [0, 0.1) is 5.92 Å². The minimum atomic E-state index is -0.0795. The highest BCUT2D eigenvalue weighted by Gasteiger charge is 2.37. The summed E-state index contributed by atoms with van der Waals surface area (Å²) in [6.07, 6.45) is 3.47. The minimum Gasteiger partial charge on any atom is -0.487 e. The van der Waals surface area contributed by atoms with Crippen molar-refractivity contribution in [3.05, 3.63) is 29.3 Å². The Morgan fingerprint density at radius 1 is 1.40 bits per heavy atom. The molecule has 2 atom stereocenters. The first-order valence-corrected chi connectivity index (χ1v) is 7.73. The van der Waals surface area contributed by atoms with Gasteiger partial charge in [-0.2, -0.15) is 0 Å². The lowest BCUT2D eigenvalue weighted by Gasteiger charge is -2.39. The van der Waals surface area contributed by atoms with E-state index in [0.717, 1.165) is 25.3 Å². The van der Waals surface area contributed by atoms with E-state index in [1.807, 2.05) is 0 Å². The van der Waals surface area contributed by atoms with Crippen LogP contribution in [0.4, 0.5) is 0 Å². The predicted molar refractivity (Wildman–Crippen MR) is 82.0 cm³/mol. The summed E-state index contributed by atoms with van der Waals surface area (Å²) >= 11 is 0. The van der Waals surface area contributed by atoms with E-state index in [-0.39, 0.29) is 5.60 Å². The number of fused-ring (bicyclic) bond motifs is 1. The van der Waals surface area contributed by atoms with Crippen LogP contribution in [0.25, 0.3) is 0 Å². The van der Waals surface area contributed by atoms with Crippen molar-refractivity contribution in [2.75, 3.05) is 20.1 Å². The molecule has 3 rings (SSSR count). The number of piperidine rings is 1. The number of benzene rings is 1. The maximum absolute atomic E-state index is 6.25. The molecule has 1 saturated heterocycles. The number of hydrogen-bond donors (Lipinski definition) is 1. The topological polar surface area (TPSA) is 38.5 Å². The fourth-order valence-electron chi connectivity index (χ4n) is 3.87. The molecule has 1 aromatic carbocycles. The Labute approximate surface area is 122 Å². The van der Waals surface area contributed by atoms with Crippen molar-refractivity contribution in [1.29, 1.82) is 0 Å². The zero-order chi connectivity index (χ0) is 14.3. The summed E-state index contributed by atoms with van der Waals surface area (Å²) in [7, 11) is 2.21. The third-order valence-corrected chi connectivity index (χ3v) is 4.75. The van der Waals surface area contributed by atoms with Crippen molar-refractivity contribution in [3.63, 3.8) is 0 Å². The number of para-hydroxylation sites is 1. The van der Waals surface area contributed by atoms with E-state index in [4.69, 9.17) is 10.5 Å². The molecular formula is C17H26N2O. The van der Waals surface area contributed by atoms with Crippen LogP contribution in [0.5, 0.6) is 5.75 Å². The van der Waals surface area contributed by atoms with Gasteiger partial charge in [-0.25, -0.2) is 0 Å². The van der Waals surface area contributed by atoms with Gasteiger partial charge in [-0.05, 0) is 58.3 Å². The normalized spacial score (nSPS) is 29.0. The maximum Gasteiger partial charge on any atom is 0.128 e. The highest BCUT2D eigenvalue weighted by atomic mass is 16.5. The van der Waals surface area contributed by atoms with Crippen molar-refractivity contribution < 1.29 is 4.74 Å². The van der Waals surface area contributed by atoms with E-state index in [0.29, 0.717) is 12.0 Å². The lowest BCUT2D eigenvalue weighted by molar-refractivity contribution is 0.108. The highest BCUT2D eigenvalue weighted by Crippen LogP contribution is 2.45. The number of hydrogen-bond acceptors (Lipinski definition) is 3. The van der Waals surface area contributed by atoms with Gasteiger partial charge in [-0.3, -0.25) is 4.90 Å². The van der Waals surface area contributed by atoms with Crippen molar-refractivity contribution in [1.82, 2.24) is 4.90 Å². The van der Waals surface area contributed by atoms with Crippen molar-refractivity contribution in [2.45, 2.75) is 44.8 Å². The van der Waals surface area contributed by atoms with Crippen LogP contribution in [-0.2, 0) is 6.42 Å². The summed E-state index contributed by atoms with van der Waals surface area (Å²) in [6.45, 7) is 6.24. The molecule has 2 aliphatic heterocycles. The summed E-state index contributed by atoms with van der Waals surface area (Å²) in [6, 6.07) is 7.01. The van der Waals surface area contributed by atoms with Gasteiger partial charge < -0.3 is 10.5 Å². The van der Waals surface area contributed by atoms with Gasteiger partial charge in [0.1, 0.15) is 11.4 Å². The molecule has 2 heterocycles. The van der Waals surface area contributed by atoms with Crippen LogP contribution in [0.3, 0.4) is 0 Å². The molecule has 0 saturated carbocycles. The molecule has 2 N–H and O–H groups in total. The van der Waals surface area contributed by atoms with Crippen LogP contribution in [0.15, 0.2) is 18.2 Å². The molecule has 3 nitrogen and oxygen atoms in total. The SMILES string of the molecule is CN1CCCC(CN)C1c1cccc2c1OC(C)(C)C2. The van der Waals surface area contributed by atoms with Crippen LogP contribution < -0.4 is 10.5 Å².